The van der Waals surface area contributed by atoms with Crippen LogP contribution in [0.5, 0.6) is 5.75 Å². The Labute approximate surface area is 291 Å². The molecule has 0 aromatic heterocycles. The van der Waals surface area contributed by atoms with E-state index in [2.05, 4.69) is 39.8 Å². The molecule has 49 heavy (non-hydrogen) atoms. The monoisotopic (exact) mass is 670 g/mol. The largest absolute Gasteiger partial charge is 0.496 e. The second-order valence-corrected chi connectivity index (χ2v) is 15.6. The molecule has 1 unspecified atom stereocenters. The number of ketones is 2. The normalized spacial score (nSPS) is 33.3. The Bertz CT molecular complexity index is 1670. The van der Waals surface area contributed by atoms with Crippen molar-refractivity contribution in [1.29, 1.82) is 0 Å². The van der Waals surface area contributed by atoms with E-state index in [-0.39, 0.29) is 35.4 Å². The van der Waals surface area contributed by atoms with Crippen LogP contribution in [-0.2, 0) is 19.1 Å². The van der Waals surface area contributed by atoms with E-state index in [0.29, 0.717) is 24.8 Å². The van der Waals surface area contributed by atoms with Gasteiger partial charge in [-0.1, -0.05) is 55.4 Å². The van der Waals surface area contributed by atoms with E-state index >= 15 is 0 Å². The third-order valence-corrected chi connectivity index (χ3v) is 12.8. The molecule has 0 radical (unpaired) electrons. The van der Waals surface area contributed by atoms with E-state index in [1.54, 1.807) is 26.2 Å². The van der Waals surface area contributed by atoms with Gasteiger partial charge in [0.2, 0.25) is 5.78 Å². The fourth-order valence-electron chi connectivity index (χ4n) is 9.84. The van der Waals surface area contributed by atoms with Gasteiger partial charge < -0.3 is 19.7 Å². The third-order valence-electron chi connectivity index (χ3n) is 12.8. The zero-order valence-corrected chi connectivity index (χ0v) is 30.5. The van der Waals surface area contributed by atoms with Gasteiger partial charge in [-0.2, -0.15) is 0 Å². The summed E-state index contributed by atoms with van der Waals surface area (Å²) in [5, 5.41) is 23.6. The summed E-state index contributed by atoms with van der Waals surface area (Å²) < 4.78 is 10.9. The predicted octanol–water partition coefficient (Wildman–Crippen LogP) is 7.43. The average molecular weight is 671 g/mol. The molecule has 3 fully saturated rings. The number of aliphatic hydroxyl groups is 2. The summed E-state index contributed by atoms with van der Waals surface area (Å²) in [5.74, 6) is 0.113. The van der Waals surface area contributed by atoms with E-state index in [0.717, 1.165) is 52.8 Å². The van der Waals surface area contributed by atoms with Crippen LogP contribution in [0, 0.1) is 49.4 Å². The molecule has 3 saturated carbocycles. The van der Waals surface area contributed by atoms with Crippen LogP contribution in [0.3, 0.4) is 0 Å². The summed E-state index contributed by atoms with van der Waals surface area (Å²) in [4.78, 5) is 38.5. The Hall–Kier alpha value is -3.55. The molecular formula is C42H54O7. The van der Waals surface area contributed by atoms with E-state index in [4.69, 9.17) is 9.47 Å². The number of carbonyl (C=O) groups is 3. The van der Waals surface area contributed by atoms with Gasteiger partial charge in [0, 0.05) is 17.9 Å². The number of ether oxygens (including phenoxy) is 2. The van der Waals surface area contributed by atoms with Gasteiger partial charge in [0.05, 0.1) is 13.2 Å². The molecule has 0 amide bonds. The number of methoxy groups -OCH3 is 1. The fraction of sp³-hybridized carbons (Fsp3) is 0.548. The maximum atomic E-state index is 13.6. The Balaban J connectivity index is 1.19. The maximum Gasteiger partial charge on any atom is 0.331 e. The highest BCUT2D eigenvalue weighted by atomic mass is 16.5. The number of esters is 1. The molecule has 7 atom stereocenters. The van der Waals surface area contributed by atoms with Gasteiger partial charge in [-0.15, -0.1) is 0 Å². The summed E-state index contributed by atoms with van der Waals surface area (Å²) in [6.07, 6.45) is 16.4. The second kappa shape index (κ2) is 14.0. The van der Waals surface area contributed by atoms with Gasteiger partial charge in [0.1, 0.15) is 11.4 Å². The molecule has 1 aromatic rings. The van der Waals surface area contributed by atoms with Crippen LogP contribution in [0.15, 0.2) is 59.2 Å². The number of rotatable bonds is 9. The first kappa shape index (κ1) is 36.7. The predicted molar refractivity (Wildman–Crippen MR) is 192 cm³/mol. The lowest BCUT2D eigenvalue weighted by Gasteiger charge is -2.60. The van der Waals surface area contributed by atoms with Crippen molar-refractivity contribution in [2.24, 2.45) is 28.6 Å². The third kappa shape index (κ3) is 6.69. The molecule has 7 nitrogen and oxygen atoms in total. The van der Waals surface area contributed by atoms with Gasteiger partial charge >= 0.3 is 5.97 Å². The summed E-state index contributed by atoms with van der Waals surface area (Å²) in [6.45, 7) is 13.6. The Morgan fingerprint density at radius 2 is 1.76 bits per heavy atom. The lowest BCUT2D eigenvalue weighted by molar-refractivity contribution is -0.184. The smallest absolute Gasteiger partial charge is 0.331 e. The summed E-state index contributed by atoms with van der Waals surface area (Å²) in [6, 6.07) is 2.05. The average Bonchev–Trinajstić information content (AvgIpc) is 3.32. The van der Waals surface area contributed by atoms with Crippen LogP contribution < -0.4 is 4.74 Å². The van der Waals surface area contributed by atoms with Gasteiger partial charge in [0.25, 0.3) is 0 Å². The van der Waals surface area contributed by atoms with Crippen molar-refractivity contribution in [3.8, 4) is 5.75 Å². The minimum absolute atomic E-state index is 0.00378. The van der Waals surface area contributed by atoms with Gasteiger partial charge in [-0.25, -0.2) is 4.79 Å². The minimum atomic E-state index is -1.68. The first-order valence-corrected chi connectivity index (χ1v) is 17.8. The molecule has 264 valence electrons. The van der Waals surface area contributed by atoms with Crippen molar-refractivity contribution in [2.45, 2.75) is 105 Å². The number of hydrogen-bond donors (Lipinski definition) is 2. The topological polar surface area (TPSA) is 110 Å². The van der Waals surface area contributed by atoms with Crippen LogP contribution in [0.25, 0.3) is 6.08 Å². The van der Waals surface area contributed by atoms with E-state index in [1.165, 1.54) is 11.6 Å². The first-order chi connectivity index (χ1) is 23.1. The summed E-state index contributed by atoms with van der Waals surface area (Å²) in [7, 11) is 1.68. The zero-order chi connectivity index (χ0) is 35.9. The molecule has 0 spiro atoms. The quantitative estimate of drug-likeness (QED) is 0.160. The minimum Gasteiger partial charge on any atom is -0.496 e. The molecule has 5 rings (SSSR count). The van der Waals surface area contributed by atoms with Gasteiger partial charge in [0.15, 0.2) is 12.4 Å². The molecule has 1 aromatic carbocycles. The van der Waals surface area contributed by atoms with E-state index in [1.807, 2.05) is 32.1 Å². The van der Waals surface area contributed by atoms with Crippen LogP contribution in [-0.4, -0.2) is 53.2 Å². The van der Waals surface area contributed by atoms with Crippen molar-refractivity contribution in [3.05, 3.63) is 81.5 Å². The number of hydrogen-bond acceptors (Lipinski definition) is 7. The van der Waals surface area contributed by atoms with E-state index in [9.17, 15) is 24.6 Å². The van der Waals surface area contributed by atoms with Crippen LogP contribution in [0.4, 0.5) is 0 Å². The lowest BCUT2D eigenvalue weighted by Crippen LogP contribution is -2.62. The Morgan fingerprint density at radius 3 is 2.47 bits per heavy atom. The van der Waals surface area contributed by atoms with Crippen molar-refractivity contribution in [1.82, 2.24) is 0 Å². The number of fused-ring (bicyclic) bond motifs is 5. The second-order valence-electron chi connectivity index (χ2n) is 15.6. The number of benzene rings is 1. The van der Waals surface area contributed by atoms with Crippen molar-refractivity contribution in [2.75, 3.05) is 13.7 Å². The van der Waals surface area contributed by atoms with Crippen LogP contribution in [0.1, 0.15) is 94.9 Å². The molecule has 4 aliphatic carbocycles. The van der Waals surface area contributed by atoms with Crippen LogP contribution in [0.2, 0.25) is 0 Å². The molecule has 0 bridgehead atoms. The first-order valence-electron chi connectivity index (χ1n) is 17.8. The standard InChI is InChI=1S/C42H54O7/c1-25(12-14-32-27(3)21-36(48-8)29(5)28(32)4)10-9-11-26(2)20-38(46)49-24-37(45)42(47)19-17-34-33-15-13-30-22-31(43)16-18-40(30,6)39(33)35(44)23-41(34,42)7/h9-12,14,20-22,33-35,39,44,47H,13,15-19,23-24H2,1-8H3/b11-9+,14-12+,25-10+,26-20+/t33?,34-,35-,39+,40-,41-,42-/m0/s1. The number of carbonyl (C=O) groups excluding carboxylic acids is 3. The Kier molecular flexibility index (Phi) is 10.5. The fourth-order valence-corrected chi connectivity index (χ4v) is 9.84. The van der Waals surface area contributed by atoms with E-state index < -0.39 is 35.5 Å². The highest BCUT2D eigenvalue weighted by Crippen LogP contribution is 2.67. The van der Waals surface area contributed by atoms with Crippen LogP contribution >= 0.6 is 0 Å². The van der Waals surface area contributed by atoms with Gasteiger partial charge in [-0.3, -0.25) is 9.59 Å². The van der Waals surface area contributed by atoms with Crippen molar-refractivity contribution in [3.63, 3.8) is 0 Å². The number of Topliss-reactive ketones (excluding diaryl/α,β-unsaturated/α-hetero) is 1. The molecule has 7 heteroatoms. The lowest BCUT2D eigenvalue weighted by atomic mass is 9.45. The highest BCUT2D eigenvalue weighted by Gasteiger charge is 2.68. The maximum absolute atomic E-state index is 13.6. The molecule has 0 saturated heterocycles. The number of aliphatic hydroxyl groups excluding tert-OH is 1. The van der Waals surface area contributed by atoms with Crippen molar-refractivity contribution >= 4 is 23.6 Å². The van der Waals surface area contributed by atoms with Gasteiger partial charge in [-0.05, 0) is 136 Å². The SMILES string of the molecule is COc1cc(C)c(/C=C/C(C)=C/C=C/C(C)=C/C(=O)OCC(=O)[C@@]2(O)CC[C@H]3C4CCC5=CC(=O)CC[C@]5(C)[C@H]4[C@@H](O)C[C@@]32C)c(C)c1C. The zero-order valence-electron chi connectivity index (χ0n) is 30.5. The summed E-state index contributed by atoms with van der Waals surface area (Å²) in [5.41, 5.74) is 4.71. The molecule has 0 heterocycles. The molecule has 4 aliphatic rings. The molecule has 0 aliphatic heterocycles. The number of aryl methyl sites for hydroxylation is 1. The number of allylic oxidation sites excluding steroid dienone is 7. The van der Waals surface area contributed by atoms with Crippen molar-refractivity contribution < 1.29 is 34.1 Å². The molecule has 2 N–H and O–H groups in total. The summed E-state index contributed by atoms with van der Waals surface area (Å²) >= 11 is 0. The Morgan fingerprint density at radius 1 is 1.02 bits per heavy atom. The molecular weight excluding hydrogens is 616 g/mol. The highest BCUT2D eigenvalue weighted by molar-refractivity contribution is 5.93.